The zero-order valence-corrected chi connectivity index (χ0v) is 15.6. The van der Waals surface area contributed by atoms with Crippen molar-refractivity contribution in [2.75, 3.05) is 0 Å². The number of nitrogens with zero attached hydrogens (tertiary/aromatic N) is 1. The summed E-state index contributed by atoms with van der Waals surface area (Å²) in [4.78, 5) is 0. The van der Waals surface area contributed by atoms with E-state index in [9.17, 15) is 0 Å². The molecule has 0 aliphatic heterocycles. The van der Waals surface area contributed by atoms with Crippen LogP contribution in [0.25, 0.3) is 44.1 Å². The lowest BCUT2D eigenvalue weighted by molar-refractivity contribution is 1.01. The molecule has 0 amide bonds. The Balaban J connectivity index is 1.59. The largest absolute Gasteiger partial charge is 0.344 e. The molecule has 5 aromatic rings. The first-order chi connectivity index (χ1) is 13.2. The van der Waals surface area contributed by atoms with Crippen molar-refractivity contribution in [3.05, 3.63) is 96.6 Å². The number of hydrogen-bond donors (Lipinski definition) is 0. The van der Waals surface area contributed by atoms with Gasteiger partial charge in [0.1, 0.15) is 0 Å². The van der Waals surface area contributed by atoms with E-state index in [0.29, 0.717) is 0 Å². The molecule has 27 heavy (non-hydrogen) atoms. The highest BCUT2D eigenvalue weighted by atomic mass is 14.9. The van der Waals surface area contributed by atoms with Gasteiger partial charge in [0.15, 0.2) is 0 Å². The summed E-state index contributed by atoms with van der Waals surface area (Å²) in [6.07, 6.45) is 0. The Morgan fingerprint density at radius 2 is 1.04 bits per heavy atom. The molecule has 0 bridgehead atoms. The molecule has 0 saturated carbocycles. The number of aromatic nitrogens is 1. The molecule has 0 aliphatic carbocycles. The molecular formula is C26H21N. The van der Waals surface area contributed by atoms with Crippen LogP contribution in [-0.2, 0) is 7.05 Å². The van der Waals surface area contributed by atoms with Gasteiger partial charge in [-0.05, 0) is 47.4 Å². The molecule has 0 radical (unpaired) electrons. The van der Waals surface area contributed by atoms with E-state index in [2.05, 4.69) is 110 Å². The predicted molar refractivity (Wildman–Crippen MR) is 116 cm³/mol. The summed E-state index contributed by atoms with van der Waals surface area (Å²) in [7, 11) is 2.14. The van der Waals surface area contributed by atoms with E-state index >= 15 is 0 Å². The molecule has 0 unspecified atom stereocenters. The minimum Gasteiger partial charge on any atom is -0.344 e. The maximum absolute atomic E-state index is 2.32. The van der Waals surface area contributed by atoms with Gasteiger partial charge in [0.25, 0.3) is 0 Å². The fourth-order valence-corrected chi connectivity index (χ4v) is 3.95. The van der Waals surface area contributed by atoms with Crippen molar-refractivity contribution in [2.24, 2.45) is 7.05 Å². The van der Waals surface area contributed by atoms with Crippen molar-refractivity contribution in [1.82, 2.24) is 4.57 Å². The summed E-state index contributed by atoms with van der Waals surface area (Å²) in [5, 5.41) is 2.63. The van der Waals surface area contributed by atoms with Gasteiger partial charge >= 0.3 is 0 Å². The summed E-state index contributed by atoms with van der Waals surface area (Å²) >= 11 is 0. The van der Waals surface area contributed by atoms with E-state index in [1.807, 2.05) is 0 Å². The first-order valence-electron chi connectivity index (χ1n) is 9.35. The summed E-state index contributed by atoms with van der Waals surface area (Å²) in [6, 6.07) is 33.0. The SMILES string of the molecule is Cc1ccc(-c2ccc(-c3ccc4c(c3)c3ccccc3n4C)cc2)cc1. The van der Waals surface area contributed by atoms with Crippen molar-refractivity contribution < 1.29 is 0 Å². The van der Waals surface area contributed by atoms with Crippen LogP contribution >= 0.6 is 0 Å². The lowest BCUT2D eigenvalue weighted by atomic mass is 9.98. The highest BCUT2D eigenvalue weighted by molar-refractivity contribution is 6.09. The Morgan fingerprint density at radius 3 is 1.74 bits per heavy atom. The van der Waals surface area contributed by atoms with Crippen LogP contribution in [0.1, 0.15) is 5.56 Å². The second-order valence-corrected chi connectivity index (χ2v) is 7.25. The minimum absolute atomic E-state index is 1.25. The summed E-state index contributed by atoms with van der Waals surface area (Å²) in [6.45, 7) is 2.12. The van der Waals surface area contributed by atoms with Crippen LogP contribution < -0.4 is 0 Å². The third-order valence-electron chi connectivity index (χ3n) is 5.52. The first-order valence-corrected chi connectivity index (χ1v) is 9.35. The first kappa shape index (κ1) is 15.9. The van der Waals surface area contributed by atoms with Crippen molar-refractivity contribution in [1.29, 1.82) is 0 Å². The fraction of sp³-hybridized carbons (Fsp3) is 0.0769. The normalized spacial score (nSPS) is 11.3. The highest BCUT2D eigenvalue weighted by Gasteiger charge is 2.09. The van der Waals surface area contributed by atoms with Crippen molar-refractivity contribution >= 4 is 21.8 Å². The van der Waals surface area contributed by atoms with Gasteiger partial charge in [-0.1, -0.05) is 78.4 Å². The molecular weight excluding hydrogens is 326 g/mol. The van der Waals surface area contributed by atoms with Crippen LogP contribution in [0, 0.1) is 6.92 Å². The summed E-state index contributed by atoms with van der Waals surface area (Å²) in [5.74, 6) is 0. The van der Waals surface area contributed by atoms with Crippen molar-refractivity contribution in [2.45, 2.75) is 6.92 Å². The third kappa shape index (κ3) is 2.63. The van der Waals surface area contributed by atoms with E-state index in [0.717, 1.165) is 0 Å². The van der Waals surface area contributed by atoms with Crippen LogP contribution in [0.3, 0.4) is 0 Å². The summed E-state index contributed by atoms with van der Waals surface area (Å²) < 4.78 is 2.27. The molecule has 0 N–H and O–H groups in total. The molecule has 130 valence electrons. The number of rotatable bonds is 2. The van der Waals surface area contributed by atoms with Gasteiger partial charge in [-0.15, -0.1) is 0 Å². The minimum atomic E-state index is 1.25. The lowest BCUT2D eigenvalue weighted by Crippen LogP contribution is -1.86. The Bertz CT molecular complexity index is 1260. The molecule has 0 saturated heterocycles. The topological polar surface area (TPSA) is 4.93 Å². The summed E-state index contributed by atoms with van der Waals surface area (Å²) in [5.41, 5.74) is 8.87. The van der Waals surface area contributed by atoms with E-state index in [4.69, 9.17) is 0 Å². The second kappa shape index (κ2) is 6.14. The third-order valence-corrected chi connectivity index (χ3v) is 5.52. The van der Waals surface area contributed by atoms with Crippen molar-refractivity contribution in [3.63, 3.8) is 0 Å². The number of para-hydroxylation sites is 1. The molecule has 4 aromatic carbocycles. The Kier molecular flexibility index (Phi) is 3.61. The zero-order valence-electron chi connectivity index (χ0n) is 15.6. The number of fused-ring (bicyclic) bond motifs is 3. The zero-order chi connectivity index (χ0) is 18.4. The molecule has 1 heteroatoms. The van der Waals surface area contributed by atoms with Gasteiger partial charge in [0.05, 0.1) is 0 Å². The maximum Gasteiger partial charge on any atom is 0.0489 e. The fourth-order valence-electron chi connectivity index (χ4n) is 3.95. The van der Waals surface area contributed by atoms with Gasteiger partial charge in [-0.2, -0.15) is 0 Å². The monoisotopic (exact) mass is 347 g/mol. The number of aryl methyl sites for hydroxylation is 2. The van der Waals surface area contributed by atoms with Crippen molar-refractivity contribution in [3.8, 4) is 22.3 Å². The van der Waals surface area contributed by atoms with E-state index in [-0.39, 0.29) is 0 Å². The van der Waals surface area contributed by atoms with Gasteiger partial charge in [-0.25, -0.2) is 0 Å². The molecule has 0 fully saturated rings. The number of hydrogen-bond acceptors (Lipinski definition) is 0. The molecule has 1 aromatic heterocycles. The van der Waals surface area contributed by atoms with Gasteiger partial charge in [-0.3, -0.25) is 0 Å². The van der Waals surface area contributed by atoms with Gasteiger partial charge in [0, 0.05) is 28.9 Å². The van der Waals surface area contributed by atoms with Crippen LogP contribution in [0.5, 0.6) is 0 Å². The van der Waals surface area contributed by atoms with E-state index in [1.165, 1.54) is 49.6 Å². The highest BCUT2D eigenvalue weighted by Crippen LogP contribution is 2.32. The van der Waals surface area contributed by atoms with Crippen LogP contribution in [0.15, 0.2) is 91.0 Å². The lowest BCUT2D eigenvalue weighted by Gasteiger charge is -2.06. The quantitative estimate of drug-likeness (QED) is 0.325. The number of benzene rings is 4. The Labute approximate surface area is 159 Å². The molecule has 5 rings (SSSR count). The van der Waals surface area contributed by atoms with Crippen LogP contribution in [0.4, 0.5) is 0 Å². The molecule has 0 spiro atoms. The second-order valence-electron chi connectivity index (χ2n) is 7.25. The maximum atomic E-state index is 2.32. The molecule has 1 heterocycles. The smallest absolute Gasteiger partial charge is 0.0489 e. The standard InChI is InChI=1S/C26H21N/c1-18-7-9-19(10-8-18)20-11-13-21(14-12-20)22-15-16-26-24(17-22)23-5-3-4-6-25(23)27(26)2/h3-17H,1-2H3. The molecule has 0 aliphatic rings. The van der Waals surface area contributed by atoms with Crippen LogP contribution in [0.2, 0.25) is 0 Å². The van der Waals surface area contributed by atoms with Crippen LogP contribution in [-0.4, -0.2) is 4.57 Å². The molecule has 0 atom stereocenters. The Morgan fingerprint density at radius 1 is 0.519 bits per heavy atom. The average Bonchev–Trinajstić information content (AvgIpc) is 3.01. The molecule has 1 nitrogen and oxygen atoms in total. The predicted octanol–water partition coefficient (Wildman–Crippen LogP) is 6.97. The van der Waals surface area contributed by atoms with E-state index in [1.54, 1.807) is 0 Å². The average molecular weight is 347 g/mol. The van der Waals surface area contributed by atoms with Gasteiger partial charge in [0.2, 0.25) is 0 Å². The Hall–Kier alpha value is -3.32. The van der Waals surface area contributed by atoms with E-state index < -0.39 is 0 Å². The van der Waals surface area contributed by atoms with Gasteiger partial charge < -0.3 is 4.57 Å².